The third-order valence-electron chi connectivity index (χ3n) is 6.08. The highest BCUT2D eigenvalue weighted by atomic mass is 35.5. The summed E-state index contributed by atoms with van der Waals surface area (Å²) in [6.07, 6.45) is 2.02. The van der Waals surface area contributed by atoms with Crippen LogP contribution >= 0.6 is 11.6 Å². The molecule has 4 rings (SSSR count). The SMILES string of the molecule is CCOc1cc([C@@H]2C(C#N)=C(N)N(C)C3=C2C(=O)CCC3)ccc1OCc1ccc(Cl)cc1. The van der Waals surface area contributed by atoms with Gasteiger partial charge in [0.05, 0.1) is 24.2 Å². The van der Waals surface area contributed by atoms with Crippen LogP contribution in [0.5, 0.6) is 11.5 Å². The van der Waals surface area contributed by atoms with Crippen LogP contribution in [-0.4, -0.2) is 24.3 Å². The van der Waals surface area contributed by atoms with Crippen LogP contribution < -0.4 is 15.2 Å². The Morgan fingerprint density at radius 1 is 1.15 bits per heavy atom. The number of ketones is 1. The molecule has 0 amide bonds. The third-order valence-corrected chi connectivity index (χ3v) is 6.33. The van der Waals surface area contributed by atoms with Gasteiger partial charge in [0, 0.05) is 29.8 Å². The van der Waals surface area contributed by atoms with Crippen molar-refractivity contribution in [2.75, 3.05) is 13.7 Å². The lowest BCUT2D eigenvalue weighted by Gasteiger charge is -2.37. The summed E-state index contributed by atoms with van der Waals surface area (Å²) in [6, 6.07) is 15.3. The van der Waals surface area contributed by atoms with Crippen LogP contribution in [0, 0.1) is 11.3 Å². The molecule has 2 aromatic carbocycles. The first-order valence-electron chi connectivity index (χ1n) is 11.0. The number of benzene rings is 2. The summed E-state index contributed by atoms with van der Waals surface area (Å²) in [6.45, 7) is 2.70. The van der Waals surface area contributed by atoms with Gasteiger partial charge in [0.25, 0.3) is 0 Å². The molecule has 0 saturated carbocycles. The topological polar surface area (TPSA) is 88.6 Å². The Hall–Kier alpha value is -3.43. The number of nitrogens with zero attached hydrogens (tertiary/aromatic N) is 2. The Balaban J connectivity index is 1.72. The molecule has 0 saturated heterocycles. The van der Waals surface area contributed by atoms with Crippen LogP contribution in [0.2, 0.25) is 5.02 Å². The van der Waals surface area contributed by atoms with Crippen molar-refractivity contribution in [2.24, 2.45) is 5.73 Å². The molecule has 1 aliphatic carbocycles. The van der Waals surface area contributed by atoms with E-state index in [0.29, 0.717) is 53.1 Å². The van der Waals surface area contributed by atoms with E-state index < -0.39 is 5.92 Å². The van der Waals surface area contributed by atoms with Gasteiger partial charge in [-0.15, -0.1) is 0 Å². The highest BCUT2D eigenvalue weighted by molar-refractivity contribution is 6.30. The molecule has 6 nitrogen and oxygen atoms in total. The molecule has 0 bridgehead atoms. The van der Waals surface area contributed by atoms with Crippen molar-refractivity contribution in [3.63, 3.8) is 0 Å². The van der Waals surface area contributed by atoms with Gasteiger partial charge in [0.15, 0.2) is 17.3 Å². The molecule has 170 valence electrons. The van der Waals surface area contributed by atoms with E-state index in [1.807, 2.05) is 56.4 Å². The number of nitriles is 1. The van der Waals surface area contributed by atoms with Gasteiger partial charge in [-0.3, -0.25) is 4.79 Å². The zero-order valence-corrected chi connectivity index (χ0v) is 19.5. The zero-order valence-electron chi connectivity index (χ0n) is 18.7. The average molecular weight is 464 g/mol. The quantitative estimate of drug-likeness (QED) is 0.645. The van der Waals surface area contributed by atoms with Crippen molar-refractivity contribution >= 4 is 17.4 Å². The predicted molar refractivity (Wildman–Crippen MR) is 127 cm³/mol. The van der Waals surface area contributed by atoms with E-state index in [1.54, 1.807) is 4.90 Å². The van der Waals surface area contributed by atoms with Gasteiger partial charge in [-0.25, -0.2) is 0 Å². The molecule has 2 aliphatic rings. The maximum atomic E-state index is 13.0. The molecule has 1 aliphatic heterocycles. The molecule has 0 spiro atoms. The fourth-order valence-electron chi connectivity index (χ4n) is 4.43. The number of nitrogens with two attached hydrogens (primary N) is 1. The largest absolute Gasteiger partial charge is 0.490 e. The standard InChI is InChI=1S/C26H26ClN3O3/c1-3-32-23-13-17(9-12-22(23)33-15-16-7-10-18(27)11-8-16)24-19(14-28)26(29)30(2)20-5-4-6-21(31)25(20)24/h7-13,24H,3-6,15,29H2,1-2H3/t24-/m1/s1. The van der Waals surface area contributed by atoms with Crippen LogP contribution in [-0.2, 0) is 11.4 Å². The summed E-state index contributed by atoms with van der Waals surface area (Å²) in [5, 5.41) is 10.6. The van der Waals surface area contributed by atoms with Gasteiger partial charge in [-0.2, -0.15) is 5.26 Å². The Bertz CT molecular complexity index is 1180. The van der Waals surface area contributed by atoms with Crippen molar-refractivity contribution in [3.8, 4) is 17.6 Å². The fourth-order valence-corrected chi connectivity index (χ4v) is 4.56. The first-order chi connectivity index (χ1) is 15.9. The van der Waals surface area contributed by atoms with Crippen molar-refractivity contribution in [2.45, 2.75) is 38.7 Å². The Morgan fingerprint density at radius 2 is 1.91 bits per heavy atom. The lowest BCUT2D eigenvalue weighted by molar-refractivity contribution is -0.116. The molecule has 0 radical (unpaired) electrons. The normalized spacial score (nSPS) is 18.2. The molecule has 0 unspecified atom stereocenters. The van der Waals surface area contributed by atoms with E-state index in [2.05, 4.69) is 6.07 Å². The van der Waals surface area contributed by atoms with E-state index in [0.717, 1.165) is 29.7 Å². The van der Waals surface area contributed by atoms with Gasteiger partial charge >= 0.3 is 0 Å². The molecule has 2 aromatic rings. The van der Waals surface area contributed by atoms with Gasteiger partial charge < -0.3 is 20.1 Å². The molecule has 0 fully saturated rings. The number of ether oxygens (including phenoxy) is 2. The summed E-state index contributed by atoms with van der Waals surface area (Å²) in [5.41, 5.74) is 10.0. The van der Waals surface area contributed by atoms with Crippen molar-refractivity contribution in [1.82, 2.24) is 4.90 Å². The van der Waals surface area contributed by atoms with Crippen LogP contribution in [0.15, 0.2) is 65.1 Å². The summed E-state index contributed by atoms with van der Waals surface area (Å²) in [5.74, 6) is 1.08. The van der Waals surface area contributed by atoms with Gasteiger partial charge in [0.1, 0.15) is 12.4 Å². The minimum atomic E-state index is -0.515. The third kappa shape index (κ3) is 4.42. The van der Waals surface area contributed by atoms with E-state index in [9.17, 15) is 10.1 Å². The number of hydrogen-bond donors (Lipinski definition) is 1. The van der Waals surface area contributed by atoms with Gasteiger partial charge in [0.2, 0.25) is 0 Å². The fraction of sp³-hybridized carbons (Fsp3) is 0.308. The number of hydrogen-bond acceptors (Lipinski definition) is 6. The number of halogens is 1. The average Bonchev–Trinajstić information content (AvgIpc) is 2.82. The highest BCUT2D eigenvalue weighted by Crippen LogP contribution is 2.45. The van der Waals surface area contributed by atoms with Crippen LogP contribution in [0.1, 0.15) is 43.2 Å². The van der Waals surface area contributed by atoms with E-state index in [4.69, 9.17) is 26.8 Å². The zero-order chi connectivity index (χ0) is 23.5. The minimum absolute atomic E-state index is 0.0642. The number of carbonyl (C=O) groups excluding carboxylic acids is 1. The van der Waals surface area contributed by atoms with E-state index in [1.165, 1.54) is 0 Å². The second kappa shape index (κ2) is 9.60. The monoisotopic (exact) mass is 463 g/mol. The van der Waals surface area contributed by atoms with E-state index in [-0.39, 0.29) is 5.78 Å². The van der Waals surface area contributed by atoms with Gasteiger partial charge in [-0.1, -0.05) is 29.8 Å². The smallest absolute Gasteiger partial charge is 0.161 e. The van der Waals surface area contributed by atoms with E-state index >= 15 is 0 Å². The van der Waals surface area contributed by atoms with Crippen molar-refractivity contribution < 1.29 is 14.3 Å². The van der Waals surface area contributed by atoms with Crippen molar-refractivity contribution in [1.29, 1.82) is 5.26 Å². The Labute approximate surface area is 198 Å². The molecule has 2 N–H and O–H groups in total. The number of rotatable bonds is 6. The lowest BCUT2D eigenvalue weighted by atomic mass is 9.76. The highest BCUT2D eigenvalue weighted by Gasteiger charge is 2.38. The molecule has 0 aromatic heterocycles. The number of allylic oxidation sites excluding steroid dienone is 3. The van der Waals surface area contributed by atoms with Crippen LogP contribution in [0.25, 0.3) is 0 Å². The first-order valence-corrected chi connectivity index (χ1v) is 11.4. The maximum Gasteiger partial charge on any atom is 0.161 e. The second-order valence-electron chi connectivity index (χ2n) is 8.09. The van der Waals surface area contributed by atoms with Crippen LogP contribution in [0.3, 0.4) is 0 Å². The Kier molecular flexibility index (Phi) is 6.62. The lowest BCUT2D eigenvalue weighted by Crippen LogP contribution is -2.36. The molecular formula is C26H26ClN3O3. The van der Waals surface area contributed by atoms with Gasteiger partial charge in [-0.05, 0) is 55.2 Å². The molecule has 7 heteroatoms. The maximum absolute atomic E-state index is 13.0. The number of carbonyl (C=O) groups is 1. The van der Waals surface area contributed by atoms with Crippen LogP contribution in [0.4, 0.5) is 0 Å². The molecule has 1 atom stereocenters. The Morgan fingerprint density at radius 3 is 2.61 bits per heavy atom. The molecular weight excluding hydrogens is 438 g/mol. The summed E-state index contributed by atoms with van der Waals surface area (Å²) in [7, 11) is 1.82. The summed E-state index contributed by atoms with van der Waals surface area (Å²) in [4.78, 5) is 14.8. The molecule has 33 heavy (non-hydrogen) atoms. The predicted octanol–water partition coefficient (Wildman–Crippen LogP) is 5.05. The number of Topliss-reactive ketones (excluding diaryl/α,β-unsaturated/α-hetero) is 1. The summed E-state index contributed by atoms with van der Waals surface area (Å²) < 4.78 is 11.9. The minimum Gasteiger partial charge on any atom is -0.490 e. The van der Waals surface area contributed by atoms with Crippen molar-refractivity contribution in [3.05, 3.63) is 81.3 Å². The second-order valence-corrected chi connectivity index (χ2v) is 8.53. The first kappa shape index (κ1) is 22.8. The summed E-state index contributed by atoms with van der Waals surface area (Å²) >= 11 is 5.96. The molecule has 1 heterocycles.